The summed E-state index contributed by atoms with van der Waals surface area (Å²) in [6.07, 6.45) is 2.21. The van der Waals surface area contributed by atoms with Crippen LogP contribution in [0.4, 0.5) is 0 Å². The van der Waals surface area contributed by atoms with Gasteiger partial charge in [-0.2, -0.15) is 0 Å². The molecule has 0 radical (unpaired) electrons. The average molecular weight is 213 g/mol. The summed E-state index contributed by atoms with van der Waals surface area (Å²) in [5.74, 6) is 0.0883. The number of ether oxygens (including phenoxy) is 1. The molecule has 0 bridgehead atoms. The van der Waals surface area contributed by atoms with Crippen LogP contribution >= 0.6 is 0 Å². The molecule has 15 heavy (non-hydrogen) atoms. The lowest BCUT2D eigenvalue weighted by atomic mass is 10.0. The number of piperidine rings is 1. The van der Waals surface area contributed by atoms with Crippen molar-refractivity contribution >= 4 is 5.91 Å². The molecule has 2 rings (SSSR count). The van der Waals surface area contributed by atoms with Gasteiger partial charge in [-0.05, 0) is 19.4 Å². The number of morpholine rings is 1. The summed E-state index contributed by atoms with van der Waals surface area (Å²) in [4.78, 5) is 13.7. The first kappa shape index (κ1) is 10.9. The lowest BCUT2D eigenvalue weighted by Crippen LogP contribution is -2.60. The van der Waals surface area contributed by atoms with Crippen LogP contribution in [-0.2, 0) is 9.53 Å². The van der Waals surface area contributed by atoms with E-state index in [1.165, 1.54) is 0 Å². The van der Waals surface area contributed by atoms with Crippen molar-refractivity contribution in [2.24, 2.45) is 5.73 Å². The van der Waals surface area contributed by atoms with Gasteiger partial charge in [0, 0.05) is 19.1 Å². The predicted molar refractivity (Wildman–Crippen MR) is 56.4 cm³/mol. The molecular weight excluding hydrogens is 194 g/mol. The molecule has 0 aromatic rings. The van der Waals surface area contributed by atoms with E-state index < -0.39 is 0 Å². The van der Waals surface area contributed by atoms with Gasteiger partial charge in [-0.15, -0.1) is 0 Å². The van der Waals surface area contributed by atoms with Gasteiger partial charge >= 0.3 is 0 Å². The summed E-state index contributed by atoms with van der Waals surface area (Å²) >= 11 is 0. The van der Waals surface area contributed by atoms with Gasteiger partial charge < -0.3 is 20.7 Å². The van der Waals surface area contributed by atoms with E-state index in [4.69, 9.17) is 10.5 Å². The second-order valence-electron chi connectivity index (χ2n) is 4.21. The van der Waals surface area contributed by atoms with Gasteiger partial charge in [0.1, 0.15) is 6.61 Å². The summed E-state index contributed by atoms with van der Waals surface area (Å²) in [6, 6.07) is 0.375. The first-order chi connectivity index (χ1) is 7.33. The van der Waals surface area contributed by atoms with Crippen LogP contribution in [0.15, 0.2) is 0 Å². The van der Waals surface area contributed by atoms with Crippen molar-refractivity contribution in [1.29, 1.82) is 0 Å². The smallest absolute Gasteiger partial charge is 0.249 e. The Balaban J connectivity index is 2.03. The van der Waals surface area contributed by atoms with Crippen LogP contribution in [0.25, 0.3) is 0 Å². The van der Waals surface area contributed by atoms with Crippen molar-refractivity contribution < 1.29 is 9.53 Å². The lowest BCUT2D eigenvalue weighted by Gasteiger charge is -2.42. The molecule has 5 nitrogen and oxygen atoms in total. The van der Waals surface area contributed by atoms with E-state index in [1.807, 2.05) is 4.90 Å². The van der Waals surface area contributed by atoms with Crippen LogP contribution in [0, 0.1) is 0 Å². The molecule has 2 atom stereocenters. The summed E-state index contributed by atoms with van der Waals surface area (Å²) in [5, 5.41) is 3.32. The molecule has 0 aromatic carbocycles. The highest BCUT2D eigenvalue weighted by molar-refractivity contribution is 5.78. The third-order valence-electron chi connectivity index (χ3n) is 3.15. The van der Waals surface area contributed by atoms with Gasteiger partial charge in [0.2, 0.25) is 5.91 Å². The molecular formula is C10H19N3O2. The minimum atomic E-state index is 0.0659. The molecule has 2 unspecified atom stereocenters. The Hall–Kier alpha value is -0.650. The Kier molecular flexibility index (Phi) is 3.56. The molecule has 0 saturated carbocycles. The number of amides is 1. The molecule has 3 N–H and O–H groups in total. The molecule has 2 fully saturated rings. The fourth-order valence-electron chi connectivity index (χ4n) is 2.39. The van der Waals surface area contributed by atoms with Crippen LogP contribution in [0.1, 0.15) is 12.8 Å². The van der Waals surface area contributed by atoms with Crippen LogP contribution < -0.4 is 11.1 Å². The zero-order valence-corrected chi connectivity index (χ0v) is 8.95. The zero-order chi connectivity index (χ0) is 10.7. The average Bonchev–Trinajstić information content (AvgIpc) is 2.29. The number of nitrogens with two attached hydrogens (primary N) is 1. The maximum atomic E-state index is 11.8. The van der Waals surface area contributed by atoms with Crippen molar-refractivity contribution in [3.63, 3.8) is 0 Å². The standard InChI is InChI=1S/C10H19N3O2/c11-4-9-6-15-7-10(14)13(9)8-2-1-3-12-5-8/h8-9,12H,1-7,11H2. The minimum Gasteiger partial charge on any atom is -0.369 e. The Bertz CT molecular complexity index is 229. The molecule has 86 valence electrons. The third-order valence-corrected chi connectivity index (χ3v) is 3.15. The lowest BCUT2D eigenvalue weighted by molar-refractivity contribution is -0.151. The maximum Gasteiger partial charge on any atom is 0.249 e. The topological polar surface area (TPSA) is 67.6 Å². The molecule has 2 heterocycles. The maximum absolute atomic E-state index is 11.8. The van der Waals surface area contributed by atoms with Crippen LogP contribution in [0.5, 0.6) is 0 Å². The number of carbonyl (C=O) groups excluding carboxylic acids is 1. The molecule has 2 aliphatic heterocycles. The number of rotatable bonds is 2. The van der Waals surface area contributed by atoms with E-state index in [0.29, 0.717) is 19.2 Å². The van der Waals surface area contributed by atoms with E-state index >= 15 is 0 Å². The summed E-state index contributed by atoms with van der Waals surface area (Å²) in [6.45, 7) is 3.23. The van der Waals surface area contributed by atoms with E-state index in [0.717, 1.165) is 25.9 Å². The molecule has 0 aliphatic carbocycles. The highest BCUT2D eigenvalue weighted by Crippen LogP contribution is 2.17. The molecule has 0 spiro atoms. The monoisotopic (exact) mass is 213 g/mol. The molecule has 2 aliphatic rings. The quantitative estimate of drug-likeness (QED) is 0.612. The summed E-state index contributed by atoms with van der Waals surface area (Å²) in [7, 11) is 0. The van der Waals surface area contributed by atoms with Crippen molar-refractivity contribution in [3.05, 3.63) is 0 Å². The normalized spacial score (nSPS) is 33.1. The Morgan fingerprint density at radius 3 is 3.13 bits per heavy atom. The van der Waals surface area contributed by atoms with Gasteiger partial charge in [0.25, 0.3) is 0 Å². The van der Waals surface area contributed by atoms with Crippen molar-refractivity contribution in [2.45, 2.75) is 24.9 Å². The first-order valence-corrected chi connectivity index (χ1v) is 5.62. The van der Waals surface area contributed by atoms with E-state index in [1.54, 1.807) is 0 Å². The SMILES string of the molecule is NCC1COCC(=O)N1C1CCCNC1. The highest BCUT2D eigenvalue weighted by Gasteiger charge is 2.33. The number of carbonyl (C=O) groups is 1. The van der Waals surface area contributed by atoms with Crippen molar-refractivity contribution in [3.8, 4) is 0 Å². The number of hydrogen-bond donors (Lipinski definition) is 2. The first-order valence-electron chi connectivity index (χ1n) is 5.62. The highest BCUT2D eigenvalue weighted by atomic mass is 16.5. The van der Waals surface area contributed by atoms with Crippen LogP contribution in [0.3, 0.4) is 0 Å². The number of nitrogens with one attached hydrogen (secondary N) is 1. The van der Waals surface area contributed by atoms with E-state index in [2.05, 4.69) is 5.32 Å². The summed E-state index contributed by atoms with van der Waals surface area (Å²) < 4.78 is 5.21. The predicted octanol–water partition coefficient (Wildman–Crippen LogP) is -1.08. The second-order valence-corrected chi connectivity index (χ2v) is 4.21. The largest absolute Gasteiger partial charge is 0.369 e. The van der Waals surface area contributed by atoms with Crippen LogP contribution in [-0.4, -0.2) is 55.7 Å². The fourth-order valence-corrected chi connectivity index (χ4v) is 2.39. The number of hydrogen-bond acceptors (Lipinski definition) is 4. The molecule has 1 amide bonds. The Morgan fingerprint density at radius 2 is 2.47 bits per heavy atom. The molecule has 0 aromatic heterocycles. The van der Waals surface area contributed by atoms with Crippen molar-refractivity contribution in [1.82, 2.24) is 10.2 Å². The zero-order valence-electron chi connectivity index (χ0n) is 8.95. The van der Waals surface area contributed by atoms with Gasteiger partial charge in [0.15, 0.2) is 0 Å². The fraction of sp³-hybridized carbons (Fsp3) is 0.900. The molecule has 2 saturated heterocycles. The Labute approximate surface area is 89.9 Å². The second kappa shape index (κ2) is 4.92. The van der Waals surface area contributed by atoms with E-state index in [9.17, 15) is 4.79 Å². The summed E-state index contributed by atoms with van der Waals surface area (Å²) in [5.41, 5.74) is 5.67. The molecule has 5 heteroatoms. The van der Waals surface area contributed by atoms with Gasteiger partial charge in [-0.3, -0.25) is 4.79 Å². The van der Waals surface area contributed by atoms with Gasteiger partial charge in [-0.1, -0.05) is 0 Å². The minimum absolute atomic E-state index is 0.0659. The third kappa shape index (κ3) is 2.30. The van der Waals surface area contributed by atoms with Gasteiger partial charge in [0.05, 0.1) is 12.6 Å². The van der Waals surface area contributed by atoms with Crippen molar-refractivity contribution in [2.75, 3.05) is 32.8 Å². The van der Waals surface area contributed by atoms with E-state index in [-0.39, 0.29) is 18.6 Å². The number of nitrogens with zero attached hydrogens (tertiary/aromatic N) is 1. The van der Waals surface area contributed by atoms with Gasteiger partial charge in [-0.25, -0.2) is 0 Å². The Morgan fingerprint density at radius 1 is 1.60 bits per heavy atom. The van der Waals surface area contributed by atoms with Crippen LogP contribution in [0.2, 0.25) is 0 Å².